The molecule has 2 aromatic heterocycles. The molecule has 0 spiro atoms. The van der Waals surface area contributed by atoms with Crippen LogP contribution < -0.4 is 5.48 Å². The van der Waals surface area contributed by atoms with Crippen LogP contribution in [0.3, 0.4) is 0 Å². The van der Waals surface area contributed by atoms with Crippen LogP contribution in [0, 0.1) is 6.92 Å². The number of nitrogens with zero attached hydrogens (tertiary/aromatic N) is 1. The lowest BCUT2D eigenvalue weighted by Gasteiger charge is -2.30. The molecule has 2 amide bonds. The molecule has 10 heteroatoms. The van der Waals surface area contributed by atoms with E-state index in [4.69, 9.17) is 0 Å². The molecule has 0 radical (unpaired) electrons. The lowest BCUT2D eigenvalue weighted by Crippen LogP contribution is -2.41. The Morgan fingerprint density at radius 3 is 2.55 bits per heavy atom. The van der Waals surface area contributed by atoms with E-state index >= 15 is 0 Å². The molecule has 2 N–H and O–H groups in total. The van der Waals surface area contributed by atoms with Crippen molar-refractivity contribution in [3.05, 3.63) is 69.2 Å². The first kappa shape index (κ1) is 23.6. The van der Waals surface area contributed by atoms with Crippen LogP contribution in [-0.2, 0) is 19.4 Å². The van der Waals surface area contributed by atoms with Crippen LogP contribution in [0.4, 0.5) is 0 Å². The predicted octanol–water partition coefficient (Wildman–Crippen LogP) is 3.84. The average molecular weight is 505 g/mol. The maximum absolute atomic E-state index is 13.6. The van der Waals surface area contributed by atoms with Crippen LogP contribution in [0.15, 0.2) is 53.2 Å². The molecule has 3 aromatic rings. The summed E-state index contributed by atoms with van der Waals surface area (Å²) in [4.78, 5) is 28.1. The number of carbonyl (C=O) groups is 2. The second-order valence-corrected chi connectivity index (χ2v) is 12.4. The SMILES string of the molecule is Cc1ccc(-c2ccc([C@@]3(CC(=O)NO)CCN(C(=O)c4ccsc4)CCS3(=O)=O)s2)cc1. The number of aryl methyl sites for hydroxylation is 1. The van der Waals surface area contributed by atoms with Crippen LogP contribution in [0.25, 0.3) is 10.4 Å². The molecule has 3 heterocycles. The minimum atomic E-state index is -3.84. The van der Waals surface area contributed by atoms with Crippen LogP contribution in [0.1, 0.15) is 33.6 Å². The molecule has 1 aliphatic heterocycles. The summed E-state index contributed by atoms with van der Waals surface area (Å²) in [5.41, 5.74) is 4.19. The van der Waals surface area contributed by atoms with Gasteiger partial charge in [0.05, 0.1) is 17.7 Å². The maximum Gasteiger partial charge on any atom is 0.254 e. The summed E-state index contributed by atoms with van der Waals surface area (Å²) in [5, 5.41) is 12.7. The van der Waals surface area contributed by atoms with Crippen molar-refractivity contribution in [1.82, 2.24) is 10.4 Å². The highest BCUT2D eigenvalue weighted by Crippen LogP contribution is 2.45. The van der Waals surface area contributed by atoms with Gasteiger partial charge in [0.1, 0.15) is 4.75 Å². The van der Waals surface area contributed by atoms with Gasteiger partial charge < -0.3 is 4.90 Å². The Bertz CT molecular complexity index is 1250. The van der Waals surface area contributed by atoms with Crippen molar-refractivity contribution >= 4 is 44.3 Å². The number of benzene rings is 1. The largest absolute Gasteiger partial charge is 0.338 e. The van der Waals surface area contributed by atoms with Crippen molar-refractivity contribution in [1.29, 1.82) is 0 Å². The zero-order valence-corrected chi connectivity index (χ0v) is 20.4. The van der Waals surface area contributed by atoms with Gasteiger partial charge in [-0.15, -0.1) is 11.3 Å². The fourth-order valence-corrected chi connectivity index (χ4v) is 8.34. The van der Waals surface area contributed by atoms with Gasteiger partial charge in [0.15, 0.2) is 9.84 Å². The number of rotatable bonds is 5. The summed E-state index contributed by atoms with van der Waals surface area (Å²) < 4.78 is 25.7. The topological polar surface area (TPSA) is 104 Å². The number of carbonyl (C=O) groups excluding carboxylic acids is 2. The Balaban J connectivity index is 1.73. The molecule has 7 nitrogen and oxygen atoms in total. The lowest BCUT2D eigenvalue weighted by molar-refractivity contribution is -0.129. The zero-order chi connectivity index (χ0) is 23.6. The van der Waals surface area contributed by atoms with Crippen LogP contribution in [0.2, 0.25) is 0 Å². The Morgan fingerprint density at radius 2 is 1.88 bits per heavy atom. The minimum Gasteiger partial charge on any atom is -0.338 e. The number of hydrogen-bond acceptors (Lipinski definition) is 7. The molecule has 0 bridgehead atoms. The van der Waals surface area contributed by atoms with E-state index in [1.165, 1.54) is 27.6 Å². The number of hydrogen-bond donors (Lipinski definition) is 2. The van der Waals surface area contributed by atoms with E-state index in [9.17, 15) is 23.2 Å². The highest BCUT2D eigenvalue weighted by molar-refractivity contribution is 7.92. The van der Waals surface area contributed by atoms with Gasteiger partial charge in [-0.2, -0.15) is 11.3 Å². The summed E-state index contributed by atoms with van der Waals surface area (Å²) in [5.74, 6) is -1.26. The van der Waals surface area contributed by atoms with E-state index in [1.807, 2.05) is 37.3 Å². The van der Waals surface area contributed by atoms with Crippen molar-refractivity contribution in [2.75, 3.05) is 18.8 Å². The summed E-state index contributed by atoms with van der Waals surface area (Å²) in [6.07, 6.45) is -0.355. The highest BCUT2D eigenvalue weighted by atomic mass is 32.2. The molecule has 174 valence electrons. The van der Waals surface area contributed by atoms with Crippen molar-refractivity contribution in [3.63, 3.8) is 0 Å². The Hall–Kier alpha value is -2.53. The fraction of sp³-hybridized carbons (Fsp3) is 0.304. The molecule has 1 aromatic carbocycles. The maximum atomic E-state index is 13.6. The second-order valence-electron chi connectivity index (χ2n) is 8.11. The standard InChI is InChI=1S/C23H24N2O5S3/c1-16-2-4-17(5-3-16)19-6-7-20(32-19)23(14-21(26)24-28)9-10-25(11-13-33(23,29)30)22(27)18-8-12-31-15-18/h2-8,12,15,28H,9-11,13-14H2,1H3,(H,24,26)/t23-/m0/s1. The number of sulfone groups is 1. The van der Waals surface area contributed by atoms with Gasteiger partial charge in [-0.3, -0.25) is 14.8 Å². The highest BCUT2D eigenvalue weighted by Gasteiger charge is 2.49. The van der Waals surface area contributed by atoms with Crippen LogP contribution in [0.5, 0.6) is 0 Å². The van der Waals surface area contributed by atoms with Crippen molar-refractivity contribution in [3.8, 4) is 10.4 Å². The Labute approximate surface area is 200 Å². The molecule has 0 saturated carbocycles. The molecular weight excluding hydrogens is 480 g/mol. The molecule has 1 fully saturated rings. The predicted molar refractivity (Wildman–Crippen MR) is 129 cm³/mol. The number of hydroxylamine groups is 1. The normalized spacial score (nSPS) is 20.2. The van der Waals surface area contributed by atoms with Gasteiger partial charge in [0, 0.05) is 28.2 Å². The summed E-state index contributed by atoms with van der Waals surface area (Å²) in [7, 11) is -3.84. The van der Waals surface area contributed by atoms with Crippen LogP contribution in [-0.4, -0.2) is 49.2 Å². The van der Waals surface area contributed by atoms with Gasteiger partial charge in [0.25, 0.3) is 5.91 Å². The second kappa shape index (κ2) is 9.38. The summed E-state index contributed by atoms with van der Waals surface area (Å²) in [6, 6.07) is 13.2. The van der Waals surface area contributed by atoms with Crippen molar-refractivity contribution in [2.24, 2.45) is 0 Å². The molecule has 33 heavy (non-hydrogen) atoms. The van der Waals surface area contributed by atoms with E-state index in [2.05, 4.69) is 0 Å². The average Bonchev–Trinajstić information content (AvgIpc) is 3.48. The molecular formula is C23H24N2O5S3. The van der Waals surface area contributed by atoms with Gasteiger partial charge in [-0.1, -0.05) is 29.8 Å². The Morgan fingerprint density at radius 1 is 1.12 bits per heavy atom. The summed E-state index contributed by atoms with van der Waals surface area (Å²) in [6.45, 7) is 2.23. The van der Waals surface area contributed by atoms with Gasteiger partial charge >= 0.3 is 0 Å². The number of amides is 2. The molecule has 1 aliphatic rings. The van der Waals surface area contributed by atoms with Crippen molar-refractivity contribution < 1.29 is 23.2 Å². The first-order valence-corrected chi connectivity index (χ1v) is 13.8. The smallest absolute Gasteiger partial charge is 0.254 e. The molecule has 0 unspecified atom stereocenters. The first-order chi connectivity index (χ1) is 15.8. The molecule has 1 atom stereocenters. The third-order valence-corrected chi connectivity index (χ3v) is 10.7. The summed E-state index contributed by atoms with van der Waals surface area (Å²) >= 11 is 2.73. The number of thiophene rings is 2. The molecule has 1 saturated heterocycles. The van der Waals surface area contributed by atoms with E-state index in [0.717, 1.165) is 16.0 Å². The molecule has 4 rings (SSSR count). The van der Waals surface area contributed by atoms with Gasteiger partial charge in [-0.05, 0) is 42.5 Å². The van der Waals surface area contributed by atoms with Gasteiger partial charge in [-0.25, -0.2) is 13.9 Å². The van der Waals surface area contributed by atoms with Crippen LogP contribution >= 0.6 is 22.7 Å². The minimum absolute atomic E-state index is 0.0513. The number of nitrogens with one attached hydrogen (secondary N) is 1. The molecule has 0 aliphatic carbocycles. The fourth-order valence-electron chi connectivity index (χ4n) is 4.10. The van der Waals surface area contributed by atoms with E-state index in [-0.39, 0.29) is 31.2 Å². The lowest BCUT2D eigenvalue weighted by atomic mass is 9.97. The quantitative estimate of drug-likeness (QED) is 0.406. The monoisotopic (exact) mass is 504 g/mol. The van der Waals surface area contributed by atoms with E-state index < -0.39 is 26.9 Å². The Kier molecular flexibility index (Phi) is 6.71. The third kappa shape index (κ3) is 4.61. The third-order valence-electron chi connectivity index (χ3n) is 6.03. The van der Waals surface area contributed by atoms with Gasteiger partial charge in [0.2, 0.25) is 5.91 Å². The van der Waals surface area contributed by atoms with Crippen molar-refractivity contribution in [2.45, 2.75) is 24.5 Å². The van der Waals surface area contributed by atoms with E-state index in [1.54, 1.807) is 28.4 Å². The van der Waals surface area contributed by atoms with E-state index in [0.29, 0.717) is 10.4 Å². The zero-order valence-electron chi connectivity index (χ0n) is 18.0. The first-order valence-electron chi connectivity index (χ1n) is 10.4.